The van der Waals surface area contributed by atoms with E-state index in [4.69, 9.17) is 28.9 Å². The molecule has 11 nitrogen and oxygen atoms in total. The average Bonchev–Trinajstić information content (AvgIpc) is 4.00. The van der Waals surface area contributed by atoms with Crippen LogP contribution in [0.25, 0.3) is 39.1 Å². The molecule has 1 aliphatic rings. The van der Waals surface area contributed by atoms with E-state index in [1.165, 1.54) is 32.4 Å². The molecule has 5 aromatic carbocycles. The second-order valence-electron chi connectivity index (χ2n) is 16.3. The summed E-state index contributed by atoms with van der Waals surface area (Å²) in [5.74, 6) is 1.07. The molecule has 0 saturated carbocycles. The molecule has 12 heteroatoms. The number of imidazole rings is 1. The van der Waals surface area contributed by atoms with Gasteiger partial charge in [0.05, 0.1) is 47.1 Å². The van der Waals surface area contributed by atoms with Crippen LogP contribution < -0.4 is 4.74 Å². The van der Waals surface area contributed by atoms with Crippen molar-refractivity contribution in [1.82, 2.24) is 18.3 Å². The van der Waals surface area contributed by atoms with Crippen molar-refractivity contribution in [1.29, 1.82) is 0 Å². The summed E-state index contributed by atoms with van der Waals surface area (Å²) in [5, 5.41) is 0. The molecule has 320 valence electrons. The third kappa shape index (κ3) is 8.25. The highest BCUT2D eigenvalue weighted by molar-refractivity contribution is 7.90. The van der Waals surface area contributed by atoms with E-state index in [2.05, 4.69) is 24.3 Å². The molecule has 9 rings (SSSR count). The first-order chi connectivity index (χ1) is 30.5. The van der Waals surface area contributed by atoms with Crippen LogP contribution in [0.4, 0.5) is 0 Å². The molecule has 0 N–H and O–H groups in total. The molecule has 0 amide bonds. The van der Waals surface area contributed by atoms with Crippen molar-refractivity contribution in [2.24, 2.45) is 0 Å². The van der Waals surface area contributed by atoms with Gasteiger partial charge in [0.2, 0.25) is 0 Å². The van der Waals surface area contributed by atoms with Gasteiger partial charge in [-0.25, -0.2) is 22.4 Å². The fraction of sp³-hybridized carbons (Fsp3) is 0.235. The van der Waals surface area contributed by atoms with Crippen LogP contribution >= 0.6 is 0 Å². The molecule has 0 radical (unpaired) electrons. The molecule has 3 aromatic heterocycles. The van der Waals surface area contributed by atoms with E-state index in [9.17, 15) is 13.2 Å². The van der Waals surface area contributed by atoms with Gasteiger partial charge in [0, 0.05) is 30.7 Å². The van der Waals surface area contributed by atoms with Gasteiger partial charge in [0.1, 0.15) is 24.8 Å². The van der Waals surface area contributed by atoms with Crippen LogP contribution in [-0.2, 0) is 47.8 Å². The van der Waals surface area contributed by atoms with E-state index in [1.54, 1.807) is 43.6 Å². The fourth-order valence-electron chi connectivity index (χ4n) is 8.28. The first-order valence-corrected chi connectivity index (χ1v) is 22.4. The average molecular weight is 861 g/mol. The summed E-state index contributed by atoms with van der Waals surface area (Å²) >= 11 is 0. The Morgan fingerprint density at radius 2 is 1.48 bits per heavy atom. The zero-order chi connectivity index (χ0) is 43.7. The molecule has 0 fully saturated rings. The van der Waals surface area contributed by atoms with Gasteiger partial charge in [-0.05, 0) is 90.9 Å². The highest BCUT2D eigenvalue weighted by Gasteiger charge is 2.29. The molecule has 0 aliphatic heterocycles. The number of hydrogen-bond donors (Lipinski definition) is 0. The van der Waals surface area contributed by atoms with E-state index in [-0.39, 0.29) is 48.7 Å². The van der Waals surface area contributed by atoms with E-state index < -0.39 is 15.6 Å². The van der Waals surface area contributed by atoms with Crippen molar-refractivity contribution in [3.05, 3.63) is 173 Å². The number of benzene rings is 5. The lowest BCUT2D eigenvalue weighted by Gasteiger charge is -2.26. The second kappa shape index (κ2) is 17.3. The lowest BCUT2D eigenvalue weighted by Crippen LogP contribution is -2.21. The Hall–Kier alpha value is -6.60. The quantitative estimate of drug-likeness (QED) is 0.0690. The molecule has 0 saturated heterocycles. The molecule has 0 unspecified atom stereocenters. The standard InChI is InChI=1S/C51H48N4O7S/c1-34-15-25-39(26-16-34)63(57,58)54-28-27-45-50(54)52-30-46-49(36-19-21-37(22-20-36)51(2,3)62-31-35-17-23-38(59-4)24-18-35)53-47(55(45)46)33-60-29-9-14-48(56)61-32-44-42-12-7-5-10-40(42)41-11-6-8-13-43(41)44/h5-8,10-13,15-28,30,44H,9,14,29,31-33H2,1-4H3. The molecular formula is C51H48N4O7S. The molecule has 63 heavy (non-hydrogen) atoms. The number of hydrogen-bond acceptors (Lipinski definition) is 9. The largest absolute Gasteiger partial charge is 0.497 e. The number of fused-ring (bicyclic) bond motifs is 6. The van der Waals surface area contributed by atoms with E-state index >= 15 is 0 Å². The predicted octanol–water partition coefficient (Wildman–Crippen LogP) is 10.0. The normalized spacial score (nSPS) is 12.8. The number of aromatic nitrogens is 4. The van der Waals surface area contributed by atoms with E-state index in [1.807, 2.05) is 98.0 Å². The van der Waals surface area contributed by atoms with Gasteiger partial charge in [0.25, 0.3) is 10.0 Å². The molecular weight excluding hydrogens is 813 g/mol. The van der Waals surface area contributed by atoms with Crippen molar-refractivity contribution in [2.75, 3.05) is 20.3 Å². The molecule has 0 bridgehead atoms. The zero-order valence-corrected chi connectivity index (χ0v) is 36.5. The SMILES string of the molecule is COc1ccc(COC(C)(C)c2ccc(-c3nc(COCCCC(=O)OCC4c5ccccc5-c5ccccc54)n4c3cnc3c4ccn3S(=O)(=O)c3ccc(C)cc3)cc2)cc1. The number of nitrogens with zero attached hydrogens (tertiary/aromatic N) is 4. The predicted molar refractivity (Wildman–Crippen MR) is 242 cm³/mol. The number of rotatable bonds is 16. The first kappa shape index (κ1) is 41.7. The summed E-state index contributed by atoms with van der Waals surface area (Å²) in [6, 6.07) is 40.9. The van der Waals surface area contributed by atoms with Gasteiger partial charge in [0.15, 0.2) is 5.65 Å². The van der Waals surface area contributed by atoms with E-state index in [0.29, 0.717) is 35.6 Å². The van der Waals surface area contributed by atoms with Gasteiger partial charge >= 0.3 is 5.97 Å². The lowest BCUT2D eigenvalue weighted by atomic mass is 9.96. The smallest absolute Gasteiger partial charge is 0.305 e. The van der Waals surface area contributed by atoms with Gasteiger partial charge in [-0.3, -0.25) is 9.20 Å². The fourth-order valence-corrected chi connectivity index (χ4v) is 9.58. The molecule has 1 aliphatic carbocycles. The Morgan fingerprint density at radius 1 is 0.794 bits per heavy atom. The van der Waals surface area contributed by atoms with Crippen molar-refractivity contribution < 1.29 is 32.2 Å². The Balaban J connectivity index is 0.928. The molecule has 0 spiro atoms. The number of methoxy groups -OCH3 is 1. The Kier molecular flexibility index (Phi) is 11.4. The maximum atomic E-state index is 13.9. The lowest BCUT2D eigenvalue weighted by molar-refractivity contribution is -0.144. The Morgan fingerprint density at radius 3 is 2.16 bits per heavy atom. The number of carbonyl (C=O) groups excluding carboxylic acids is 1. The third-order valence-electron chi connectivity index (χ3n) is 11.8. The third-order valence-corrected chi connectivity index (χ3v) is 13.5. The van der Waals surface area contributed by atoms with Gasteiger partial charge in [-0.15, -0.1) is 0 Å². The van der Waals surface area contributed by atoms with Crippen LogP contribution in [0.3, 0.4) is 0 Å². The highest BCUT2D eigenvalue weighted by atomic mass is 32.2. The van der Waals surface area contributed by atoms with Crippen LogP contribution in [0.5, 0.6) is 5.75 Å². The van der Waals surface area contributed by atoms with Gasteiger partial charge in [-0.2, -0.15) is 0 Å². The number of esters is 1. The Labute approximate surface area is 366 Å². The monoisotopic (exact) mass is 860 g/mol. The van der Waals surface area contributed by atoms with Crippen LogP contribution in [0, 0.1) is 6.92 Å². The van der Waals surface area contributed by atoms with Crippen LogP contribution in [-0.4, -0.2) is 53.1 Å². The maximum absolute atomic E-state index is 13.9. The second-order valence-corrected chi connectivity index (χ2v) is 18.1. The summed E-state index contributed by atoms with van der Waals surface area (Å²) < 4.78 is 54.5. The van der Waals surface area contributed by atoms with Crippen LogP contribution in [0.2, 0.25) is 0 Å². The topological polar surface area (TPSA) is 123 Å². The van der Waals surface area contributed by atoms with Crippen molar-refractivity contribution >= 4 is 32.7 Å². The number of ether oxygens (including phenoxy) is 4. The van der Waals surface area contributed by atoms with Crippen molar-refractivity contribution in [3.8, 4) is 28.1 Å². The summed E-state index contributed by atoms with van der Waals surface area (Å²) in [6.45, 7) is 7.08. The summed E-state index contributed by atoms with van der Waals surface area (Å²) in [4.78, 5) is 22.9. The first-order valence-electron chi connectivity index (χ1n) is 21.0. The summed E-state index contributed by atoms with van der Waals surface area (Å²) in [5.41, 5.74) is 10.1. The highest BCUT2D eigenvalue weighted by Crippen LogP contribution is 2.44. The van der Waals surface area contributed by atoms with Crippen LogP contribution in [0.1, 0.15) is 66.2 Å². The maximum Gasteiger partial charge on any atom is 0.305 e. The van der Waals surface area contributed by atoms with Gasteiger partial charge < -0.3 is 18.9 Å². The minimum atomic E-state index is -3.95. The van der Waals surface area contributed by atoms with Crippen LogP contribution in [0.15, 0.2) is 145 Å². The molecule has 3 heterocycles. The van der Waals surface area contributed by atoms with Crippen molar-refractivity contribution in [2.45, 2.75) is 63.2 Å². The number of carbonyl (C=O) groups is 1. The molecule has 0 atom stereocenters. The zero-order valence-electron chi connectivity index (χ0n) is 35.7. The Bertz CT molecular complexity index is 3000. The minimum absolute atomic E-state index is 0.00489. The number of aryl methyl sites for hydroxylation is 1. The van der Waals surface area contributed by atoms with Gasteiger partial charge in [-0.1, -0.05) is 103 Å². The minimum Gasteiger partial charge on any atom is -0.497 e. The van der Waals surface area contributed by atoms with E-state index in [0.717, 1.165) is 28.0 Å². The molecule has 8 aromatic rings. The summed E-state index contributed by atoms with van der Waals surface area (Å²) in [6.07, 6.45) is 3.83. The summed E-state index contributed by atoms with van der Waals surface area (Å²) in [7, 11) is -2.31. The van der Waals surface area contributed by atoms with Crippen molar-refractivity contribution in [3.63, 3.8) is 0 Å².